The molecule has 10 heteroatoms. The van der Waals surface area contributed by atoms with Crippen LogP contribution in [0.5, 0.6) is 0 Å². The molecule has 0 bridgehead atoms. The van der Waals surface area contributed by atoms with Crippen LogP contribution in [-0.2, 0) is 19.6 Å². The van der Waals surface area contributed by atoms with Gasteiger partial charge in [-0.3, -0.25) is 9.80 Å². The fourth-order valence-electron chi connectivity index (χ4n) is 4.80. The summed E-state index contributed by atoms with van der Waals surface area (Å²) in [5.74, 6) is -0.117. The molecule has 4 rings (SSSR count). The van der Waals surface area contributed by atoms with E-state index in [1.165, 1.54) is 14.8 Å². The fraction of sp³-hybridized carbons (Fsp3) is 0.429. The van der Waals surface area contributed by atoms with Gasteiger partial charge in [0, 0.05) is 45.5 Å². The maximum atomic E-state index is 13.2. The molecule has 0 spiro atoms. The van der Waals surface area contributed by atoms with E-state index in [0.717, 1.165) is 5.56 Å². The molecule has 2 aromatic rings. The Morgan fingerprint density at radius 2 is 1.66 bits per heavy atom. The van der Waals surface area contributed by atoms with E-state index in [9.17, 15) is 18.0 Å². The van der Waals surface area contributed by atoms with Gasteiger partial charge in [0.1, 0.15) is 0 Å². The van der Waals surface area contributed by atoms with Crippen LogP contribution in [0.15, 0.2) is 70.8 Å². The Labute approximate surface area is 225 Å². The zero-order chi connectivity index (χ0) is 27.4. The summed E-state index contributed by atoms with van der Waals surface area (Å²) < 4.78 is 33.0. The second-order valence-corrected chi connectivity index (χ2v) is 11.8. The second-order valence-electron chi connectivity index (χ2n) is 9.84. The number of hydrogen-bond donors (Lipinski definition) is 1. The van der Waals surface area contributed by atoms with E-state index in [2.05, 4.69) is 24.1 Å². The second kappa shape index (κ2) is 11.7. The lowest BCUT2D eigenvalue weighted by molar-refractivity contribution is -0.139. The molecule has 1 fully saturated rings. The van der Waals surface area contributed by atoms with Crippen molar-refractivity contribution in [2.24, 2.45) is 0 Å². The lowest BCUT2D eigenvalue weighted by Gasteiger charge is -2.39. The zero-order valence-electron chi connectivity index (χ0n) is 22.4. The molecule has 1 atom stereocenters. The van der Waals surface area contributed by atoms with Crippen LogP contribution in [-0.4, -0.2) is 80.9 Å². The van der Waals surface area contributed by atoms with Gasteiger partial charge in [-0.1, -0.05) is 56.3 Å². The summed E-state index contributed by atoms with van der Waals surface area (Å²) in [7, 11) is -1.94. The summed E-state index contributed by atoms with van der Waals surface area (Å²) in [5.41, 5.74) is 2.92. The molecule has 2 amide bonds. The van der Waals surface area contributed by atoms with Gasteiger partial charge >= 0.3 is 12.0 Å². The number of hydrogen-bond acceptors (Lipinski definition) is 6. The number of nitrogens with zero attached hydrogens (tertiary/aromatic N) is 3. The number of nitrogens with one attached hydrogen (secondary N) is 1. The fourth-order valence-corrected chi connectivity index (χ4v) is 6.25. The molecule has 2 heterocycles. The average Bonchev–Trinajstić information content (AvgIpc) is 2.92. The molecule has 0 saturated carbocycles. The summed E-state index contributed by atoms with van der Waals surface area (Å²) >= 11 is 0. The van der Waals surface area contributed by atoms with Crippen molar-refractivity contribution < 1.29 is 22.7 Å². The van der Waals surface area contributed by atoms with Gasteiger partial charge in [0.15, 0.2) is 0 Å². The summed E-state index contributed by atoms with van der Waals surface area (Å²) in [6.45, 7) is 8.06. The van der Waals surface area contributed by atoms with Gasteiger partial charge in [0.05, 0.1) is 23.1 Å². The topological polar surface area (TPSA) is 99.3 Å². The molecule has 1 saturated heterocycles. The number of esters is 1. The molecule has 0 aromatic heterocycles. The zero-order valence-corrected chi connectivity index (χ0v) is 23.2. The van der Waals surface area contributed by atoms with Crippen molar-refractivity contribution >= 4 is 22.0 Å². The highest BCUT2D eigenvalue weighted by atomic mass is 32.2. The number of likely N-dealkylation sites (N-methyl/N-ethyl adjacent to an activating group) is 1. The lowest BCUT2D eigenvalue weighted by Crippen LogP contribution is -2.53. The van der Waals surface area contributed by atoms with E-state index in [0.29, 0.717) is 49.9 Å². The van der Waals surface area contributed by atoms with Crippen LogP contribution >= 0.6 is 0 Å². The summed E-state index contributed by atoms with van der Waals surface area (Å²) in [5, 5.41) is 2.96. The van der Waals surface area contributed by atoms with Crippen molar-refractivity contribution in [2.75, 3.05) is 46.4 Å². The Bertz CT molecular complexity index is 1280. The number of rotatable bonds is 8. The molecule has 2 aliphatic heterocycles. The van der Waals surface area contributed by atoms with Crippen molar-refractivity contribution in [1.82, 2.24) is 19.4 Å². The summed E-state index contributed by atoms with van der Waals surface area (Å²) in [6.07, 6.45) is 0. The van der Waals surface area contributed by atoms with Crippen molar-refractivity contribution in [1.29, 1.82) is 0 Å². The van der Waals surface area contributed by atoms with Gasteiger partial charge in [-0.05, 0) is 36.1 Å². The number of ether oxygens (including phenoxy) is 1. The Balaban J connectivity index is 1.60. The molecular weight excluding hydrogens is 504 g/mol. The molecular formula is C28H36N4O5S. The normalized spacial score (nSPS) is 19.6. The Hall–Kier alpha value is -3.21. The van der Waals surface area contributed by atoms with Gasteiger partial charge in [0.2, 0.25) is 10.0 Å². The molecule has 1 N–H and O–H groups in total. The van der Waals surface area contributed by atoms with E-state index in [1.54, 1.807) is 44.3 Å². The van der Waals surface area contributed by atoms with Crippen molar-refractivity contribution in [3.63, 3.8) is 0 Å². The number of benzene rings is 2. The highest BCUT2D eigenvalue weighted by molar-refractivity contribution is 7.89. The predicted molar refractivity (Wildman–Crippen MR) is 145 cm³/mol. The largest absolute Gasteiger partial charge is 0.463 e. The summed E-state index contributed by atoms with van der Waals surface area (Å²) in [6, 6.07) is 15.4. The van der Waals surface area contributed by atoms with Crippen LogP contribution in [0.1, 0.15) is 43.9 Å². The van der Waals surface area contributed by atoms with E-state index in [1.807, 2.05) is 24.3 Å². The number of sulfonamides is 1. The third-order valence-electron chi connectivity index (χ3n) is 7.09. The first-order chi connectivity index (χ1) is 18.1. The Kier molecular flexibility index (Phi) is 8.54. The quantitative estimate of drug-likeness (QED) is 0.516. The number of urea groups is 1. The first kappa shape index (κ1) is 27.8. The van der Waals surface area contributed by atoms with E-state index >= 15 is 0 Å². The number of carbonyl (C=O) groups is 2. The molecule has 0 aliphatic carbocycles. The van der Waals surface area contributed by atoms with Gasteiger partial charge in [-0.2, -0.15) is 4.31 Å². The maximum absolute atomic E-state index is 13.2. The minimum absolute atomic E-state index is 0.211. The van der Waals surface area contributed by atoms with Gasteiger partial charge in [-0.25, -0.2) is 18.0 Å². The smallest absolute Gasteiger partial charge is 0.338 e. The first-order valence-electron chi connectivity index (χ1n) is 12.9. The van der Waals surface area contributed by atoms with Crippen LogP contribution in [0.2, 0.25) is 0 Å². The van der Waals surface area contributed by atoms with Gasteiger partial charge in [0.25, 0.3) is 0 Å². The standard InChI is InChI=1S/C28H36N4O5S/c1-5-37-27(33)25-24(30(4)28(34)29-26(25)22-13-11-21(12-14-22)20(2)3)19-31-15-17-32(18-16-31)38(35,36)23-9-7-6-8-10-23/h6-14,20,26H,5,15-19H2,1-4H3,(H,29,34). The van der Waals surface area contributed by atoms with Crippen LogP contribution in [0.3, 0.4) is 0 Å². The van der Waals surface area contributed by atoms with E-state index in [-0.39, 0.29) is 17.5 Å². The van der Waals surface area contributed by atoms with Crippen LogP contribution < -0.4 is 5.32 Å². The highest BCUT2D eigenvalue weighted by Crippen LogP contribution is 2.32. The highest BCUT2D eigenvalue weighted by Gasteiger charge is 2.38. The maximum Gasteiger partial charge on any atom is 0.338 e. The number of amides is 2. The monoisotopic (exact) mass is 540 g/mol. The lowest BCUT2D eigenvalue weighted by atomic mass is 9.92. The van der Waals surface area contributed by atoms with Gasteiger partial charge in [-0.15, -0.1) is 0 Å². The van der Waals surface area contributed by atoms with Gasteiger partial charge < -0.3 is 10.1 Å². The van der Waals surface area contributed by atoms with Crippen LogP contribution in [0.25, 0.3) is 0 Å². The molecule has 0 radical (unpaired) electrons. The van der Waals surface area contributed by atoms with Crippen molar-refractivity contribution in [3.8, 4) is 0 Å². The van der Waals surface area contributed by atoms with Crippen LogP contribution in [0.4, 0.5) is 4.79 Å². The van der Waals surface area contributed by atoms with Crippen LogP contribution in [0, 0.1) is 0 Å². The minimum atomic E-state index is -3.58. The Morgan fingerprint density at radius 1 is 1.03 bits per heavy atom. The molecule has 204 valence electrons. The first-order valence-corrected chi connectivity index (χ1v) is 14.4. The van der Waals surface area contributed by atoms with Crippen molar-refractivity contribution in [3.05, 3.63) is 77.0 Å². The number of carbonyl (C=O) groups excluding carboxylic acids is 2. The Morgan fingerprint density at radius 3 is 2.24 bits per heavy atom. The molecule has 1 unspecified atom stereocenters. The average molecular weight is 541 g/mol. The summed E-state index contributed by atoms with van der Waals surface area (Å²) in [4.78, 5) is 30.0. The van der Waals surface area contributed by atoms with Crippen molar-refractivity contribution in [2.45, 2.75) is 37.6 Å². The molecule has 2 aliphatic rings. The van der Waals surface area contributed by atoms with E-state index < -0.39 is 22.0 Å². The molecule has 9 nitrogen and oxygen atoms in total. The number of piperazine rings is 1. The molecule has 38 heavy (non-hydrogen) atoms. The third-order valence-corrected chi connectivity index (χ3v) is 9.01. The van der Waals surface area contributed by atoms with E-state index in [4.69, 9.17) is 4.74 Å². The SMILES string of the molecule is CCOC(=O)C1=C(CN2CCN(S(=O)(=O)c3ccccc3)CC2)N(C)C(=O)NC1c1ccc(C(C)C)cc1. The predicted octanol–water partition coefficient (Wildman–Crippen LogP) is 3.33. The molecule has 2 aromatic carbocycles. The minimum Gasteiger partial charge on any atom is -0.463 e. The third kappa shape index (κ3) is 5.77.